The summed E-state index contributed by atoms with van der Waals surface area (Å²) in [5.41, 5.74) is 2.94. The number of benzene rings is 2. The Morgan fingerprint density at radius 2 is 1.90 bits per heavy atom. The molecule has 0 unspecified atom stereocenters. The Morgan fingerprint density at radius 1 is 1.19 bits per heavy atom. The van der Waals surface area contributed by atoms with Crippen molar-refractivity contribution in [3.8, 4) is 5.69 Å². The summed E-state index contributed by atoms with van der Waals surface area (Å²) in [5, 5.41) is 0.658. The number of nitrogens with zero attached hydrogens (tertiary/aromatic N) is 1. The maximum atomic E-state index is 13.8. The quantitative estimate of drug-likeness (QED) is 0.477. The van der Waals surface area contributed by atoms with Gasteiger partial charge in [-0.15, -0.1) is 0 Å². The van der Waals surface area contributed by atoms with Crippen LogP contribution in [0.1, 0.15) is 5.56 Å². The van der Waals surface area contributed by atoms with E-state index in [-0.39, 0.29) is 5.02 Å². The molecule has 0 bridgehead atoms. The fourth-order valence-corrected chi connectivity index (χ4v) is 3.41. The van der Waals surface area contributed by atoms with Gasteiger partial charge in [0, 0.05) is 15.6 Å². The average Bonchev–Trinajstić information content (AvgIpc) is 2.70. The van der Waals surface area contributed by atoms with E-state index < -0.39 is 5.82 Å². The van der Waals surface area contributed by atoms with Gasteiger partial charge in [0.25, 0.3) is 0 Å². The van der Waals surface area contributed by atoms with Gasteiger partial charge in [-0.05, 0) is 58.8 Å². The number of aromatic nitrogens is 2. The van der Waals surface area contributed by atoms with Gasteiger partial charge in [-0.3, -0.25) is 4.57 Å². The molecule has 0 aliphatic heterocycles. The van der Waals surface area contributed by atoms with Crippen LogP contribution in [0.2, 0.25) is 10.0 Å². The Balaban J connectivity index is 2.40. The first-order chi connectivity index (χ1) is 9.88. The third-order valence-electron chi connectivity index (χ3n) is 3.19. The maximum Gasteiger partial charge on any atom is 0.182 e. The summed E-state index contributed by atoms with van der Waals surface area (Å²) >= 11 is 20.8. The molecule has 0 saturated heterocycles. The molecule has 0 amide bonds. The van der Waals surface area contributed by atoms with E-state index in [0.717, 1.165) is 15.7 Å². The molecule has 2 nitrogen and oxygen atoms in total. The van der Waals surface area contributed by atoms with Crippen molar-refractivity contribution in [3.63, 3.8) is 0 Å². The van der Waals surface area contributed by atoms with Crippen LogP contribution in [-0.2, 0) is 0 Å². The minimum atomic E-state index is -0.499. The molecule has 108 valence electrons. The van der Waals surface area contributed by atoms with Crippen LogP contribution in [0.4, 0.5) is 4.39 Å². The minimum absolute atomic E-state index is 0.0481. The van der Waals surface area contributed by atoms with Crippen LogP contribution in [0, 0.1) is 17.5 Å². The predicted octanol–water partition coefficient (Wildman–Crippen LogP) is 6.20. The van der Waals surface area contributed by atoms with Crippen LogP contribution in [0.25, 0.3) is 16.7 Å². The number of aromatic amines is 1. The van der Waals surface area contributed by atoms with Crippen molar-refractivity contribution in [2.45, 2.75) is 6.92 Å². The van der Waals surface area contributed by atoms with Crippen LogP contribution in [0.5, 0.6) is 0 Å². The molecule has 0 saturated carbocycles. The van der Waals surface area contributed by atoms with Crippen molar-refractivity contribution in [2.75, 3.05) is 0 Å². The first kappa shape index (κ1) is 15.0. The normalized spacial score (nSPS) is 11.3. The van der Waals surface area contributed by atoms with Gasteiger partial charge in [0.05, 0.1) is 21.7 Å². The first-order valence-corrected chi connectivity index (χ1v) is 7.90. The zero-order valence-electron chi connectivity index (χ0n) is 10.7. The molecule has 0 fully saturated rings. The fourth-order valence-electron chi connectivity index (χ4n) is 2.15. The topological polar surface area (TPSA) is 20.7 Å². The molecule has 1 aromatic heterocycles. The second-order valence-electron chi connectivity index (χ2n) is 4.60. The van der Waals surface area contributed by atoms with Crippen molar-refractivity contribution in [1.29, 1.82) is 0 Å². The second kappa shape index (κ2) is 5.39. The highest BCUT2D eigenvalue weighted by atomic mass is 79.9. The van der Waals surface area contributed by atoms with Crippen LogP contribution in [-0.4, -0.2) is 9.55 Å². The Hall–Kier alpha value is -0.880. The molecular weight excluding hydrogens is 398 g/mol. The lowest BCUT2D eigenvalue weighted by atomic mass is 10.2. The third-order valence-corrected chi connectivity index (χ3v) is 4.81. The lowest BCUT2D eigenvalue weighted by Crippen LogP contribution is -1.97. The molecule has 2 aromatic carbocycles. The van der Waals surface area contributed by atoms with Crippen molar-refractivity contribution >= 4 is 62.4 Å². The smallest absolute Gasteiger partial charge is 0.182 e. The Bertz CT molecular complexity index is 933. The SMILES string of the molecule is Cc1cc(Br)c(-n2c(=S)[nH]c3cc(Cl)c(F)cc32)cc1Cl. The lowest BCUT2D eigenvalue weighted by Gasteiger charge is -2.10. The van der Waals surface area contributed by atoms with Gasteiger partial charge in [-0.2, -0.15) is 0 Å². The number of rotatable bonds is 1. The summed E-state index contributed by atoms with van der Waals surface area (Å²) in [6.45, 7) is 1.91. The molecule has 0 spiro atoms. The van der Waals surface area contributed by atoms with E-state index in [1.165, 1.54) is 12.1 Å². The average molecular weight is 406 g/mol. The zero-order valence-corrected chi connectivity index (χ0v) is 14.6. The molecule has 0 aliphatic rings. The van der Waals surface area contributed by atoms with Crippen molar-refractivity contribution in [2.24, 2.45) is 0 Å². The number of H-pyrrole nitrogens is 1. The summed E-state index contributed by atoms with van der Waals surface area (Å²) in [4.78, 5) is 3.02. The zero-order chi connectivity index (χ0) is 15.3. The van der Waals surface area contributed by atoms with Crippen molar-refractivity contribution in [3.05, 3.63) is 54.9 Å². The largest absolute Gasteiger partial charge is 0.330 e. The highest BCUT2D eigenvalue weighted by Gasteiger charge is 2.14. The number of halogens is 4. The summed E-state index contributed by atoms with van der Waals surface area (Å²) in [6.07, 6.45) is 0. The van der Waals surface area contributed by atoms with E-state index >= 15 is 0 Å². The van der Waals surface area contributed by atoms with Gasteiger partial charge in [0.15, 0.2) is 4.77 Å². The second-order valence-corrected chi connectivity index (χ2v) is 6.66. The van der Waals surface area contributed by atoms with Gasteiger partial charge in [-0.25, -0.2) is 4.39 Å². The van der Waals surface area contributed by atoms with E-state index in [1.807, 2.05) is 13.0 Å². The van der Waals surface area contributed by atoms with Crippen LogP contribution in [0.15, 0.2) is 28.7 Å². The lowest BCUT2D eigenvalue weighted by molar-refractivity contribution is 0.629. The predicted molar refractivity (Wildman–Crippen MR) is 90.9 cm³/mol. The molecule has 1 N–H and O–H groups in total. The van der Waals surface area contributed by atoms with Crippen LogP contribution >= 0.6 is 51.3 Å². The van der Waals surface area contributed by atoms with E-state index in [9.17, 15) is 4.39 Å². The van der Waals surface area contributed by atoms with E-state index in [2.05, 4.69) is 20.9 Å². The molecule has 3 rings (SSSR count). The van der Waals surface area contributed by atoms with E-state index in [1.54, 1.807) is 10.6 Å². The minimum Gasteiger partial charge on any atom is -0.330 e. The number of fused-ring (bicyclic) bond motifs is 1. The summed E-state index contributed by atoms with van der Waals surface area (Å²) in [5.74, 6) is -0.499. The molecular formula is C14H8BrCl2FN2S. The highest BCUT2D eigenvalue weighted by molar-refractivity contribution is 9.10. The van der Waals surface area contributed by atoms with Crippen molar-refractivity contribution in [1.82, 2.24) is 9.55 Å². The number of hydrogen-bond acceptors (Lipinski definition) is 1. The molecule has 21 heavy (non-hydrogen) atoms. The van der Waals surface area contributed by atoms with E-state index in [4.69, 9.17) is 35.4 Å². The number of imidazole rings is 1. The molecule has 0 radical (unpaired) electrons. The van der Waals surface area contributed by atoms with Gasteiger partial charge in [0.2, 0.25) is 0 Å². The Morgan fingerprint density at radius 3 is 2.62 bits per heavy atom. The number of aryl methyl sites for hydroxylation is 1. The molecule has 3 aromatic rings. The Labute approximate surface area is 143 Å². The van der Waals surface area contributed by atoms with Gasteiger partial charge >= 0.3 is 0 Å². The Kier molecular flexibility index (Phi) is 3.86. The molecule has 0 atom stereocenters. The van der Waals surface area contributed by atoms with Gasteiger partial charge < -0.3 is 4.98 Å². The number of nitrogens with one attached hydrogen (secondary N) is 1. The van der Waals surface area contributed by atoms with Crippen LogP contribution in [0.3, 0.4) is 0 Å². The third kappa shape index (κ3) is 2.52. The van der Waals surface area contributed by atoms with E-state index in [0.29, 0.717) is 20.8 Å². The number of hydrogen-bond donors (Lipinski definition) is 1. The maximum absolute atomic E-state index is 13.8. The molecule has 0 aliphatic carbocycles. The fraction of sp³-hybridized carbons (Fsp3) is 0.0714. The van der Waals surface area contributed by atoms with Crippen molar-refractivity contribution < 1.29 is 4.39 Å². The standard InChI is InChI=1S/C14H8BrCl2FN2S/c1-6-2-7(15)12(4-8(6)16)20-13-5-10(18)9(17)3-11(13)19-14(20)21/h2-5H,1H3,(H,19,21). The monoisotopic (exact) mass is 404 g/mol. The summed E-state index contributed by atoms with van der Waals surface area (Å²) in [6, 6.07) is 6.55. The van der Waals surface area contributed by atoms with Gasteiger partial charge in [-0.1, -0.05) is 23.2 Å². The van der Waals surface area contributed by atoms with Gasteiger partial charge in [0.1, 0.15) is 5.82 Å². The van der Waals surface area contributed by atoms with Crippen LogP contribution < -0.4 is 0 Å². The molecule has 1 heterocycles. The summed E-state index contributed by atoms with van der Waals surface area (Å²) < 4.78 is 16.7. The first-order valence-electron chi connectivity index (χ1n) is 5.94. The molecule has 7 heteroatoms. The summed E-state index contributed by atoms with van der Waals surface area (Å²) in [7, 11) is 0. The highest BCUT2D eigenvalue weighted by Crippen LogP contribution is 2.32.